The topological polar surface area (TPSA) is 58.3 Å². The van der Waals surface area contributed by atoms with E-state index < -0.39 is 5.60 Å². The molecule has 0 saturated heterocycles. The summed E-state index contributed by atoms with van der Waals surface area (Å²) in [5, 5.41) is 13.2. The van der Waals surface area contributed by atoms with E-state index in [0.717, 1.165) is 10.2 Å². The van der Waals surface area contributed by atoms with Crippen LogP contribution >= 0.6 is 27.7 Å². The molecule has 3 nitrogen and oxygen atoms in total. The van der Waals surface area contributed by atoms with Crippen molar-refractivity contribution >= 4 is 39.1 Å². The molecule has 0 radical (unpaired) electrons. The van der Waals surface area contributed by atoms with Gasteiger partial charge in [-0.15, -0.1) is 0 Å². The molecular formula is C11H17BrN2OS. The van der Waals surface area contributed by atoms with E-state index in [4.69, 9.17) is 5.73 Å². The molecule has 0 bridgehead atoms. The maximum absolute atomic E-state index is 10.0. The van der Waals surface area contributed by atoms with Crippen molar-refractivity contribution in [1.29, 1.82) is 0 Å². The molecule has 0 aliphatic heterocycles. The Morgan fingerprint density at radius 3 is 2.88 bits per heavy atom. The van der Waals surface area contributed by atoms with E-state index in [0.29, 0.717) is 18.0 Å². The van der Waals surface area contributed by atoms with Gasteiger partial charge in [-0.05, 0) is 31.4 Å². The van der Waals surface area contributed by atoms with Crippen molar-refractivity contribution in [2.24, 2.45) is 0 Å². The third-order valence-electron chi connectivity index (χ3n) is 2.13. The zero-order valence-corrected chi connectivity index (χ0v) is 11.9. The number of nitrogens with two attached hydrogens (primary N) is 1. The summed E-state index contributed by atoms with van der Waals surface area (Å²) >= 11 is 5.01. The largest absolute Gasteiger partial charge is 0.397 e. The van der Waals surface area contributed by atoms with Crippen molar-refractivity contribution in [2.75, 3.05) is 29.6 Å². The number of nitrogen functional groups attached to an aromatic ring is 1. The molecule has 90 valence electrons. The lowest BCUT2D eigenvalue weighted by molar-refractivity contribution is 0.0997. The third kappa shape index (κ3) is 4.23. The molecule has 5 heteroatoms. The number of hydrogen-bond acceptors (Lipinski definition) is 4. The van der Waals surface area contributed by atoms with Crippen LogP contribution in [0.15, 0.2) is 22.7 Å². The van der Waals surface area contributed by atoms with E-state index >= 15 is 0 Å². The highest BCUT2D eigenvalue weighted by molar-refractivity contribution is 9.10. The fourth-order valence-electron chi connectivity index (χ4n) is 1.33. The Morgan fingerprint density at radius 2 is 2.25 bits per heavy atom. The number of benzene rings is 1. The first-order valence-electron chi connectivity index (χ1n) is 4.95. The van der Waals surface area contributed by atoms with Gasteiger partial charge in [0.25, 0.3) is 0 Å². The number of nitrogens with one attached hydrogen (secondary N) is 1. The fourth-order valence-corrected chi connectivity index (χ4v) is 2.41. The highest BCUT2D eigenvalue weighted by Gasteiger charge is 2.19. The van der Waals surface area contributed by atoms with Crippen LogP contribution in [0.25, 0.3) is 0 Å². The molecule has 1 atom stereocenters. The number of hydrogen-bond donors (Lipinski definition) is 3. The minimum atomic E-state index is -0.728. The Morgan fingerprint density at radius 1 is 1.56 bits per heavy atom. The number of aliphatic hydroxyl groups is 1. The standard InChI is InChI=1S/C11H17BrN2OS/c1-11(15,7-16-2)6-14-10-5-8(12)3-4-9(10)13/h3-5,14-15H,6-7,13H2,1-2H3. The van der Waals surface area contributed by atoms with Gasteiger partial charge in [-0.3, -0.25) is 0 Å². The predicted octanol–water partition coefficient (Wildman–Crippen LogP) is 2.56. The maximum atomic E-state index is 10.0. The quantitative estimate of drug-likeness (QED) is 0.732. The van der Waals surface area contributed by atoms with Gasteiger partial charge >= 0.3 is 0 Å². The van der Waals surface area contributed by atoms with Crippen LogP contribution in [-0.4, -0.2) is 29.3 Å². The van der Waals surface area contributed by atoms with Gasteiger partial charge in [-0.1, -0.05) is 15.9 Å². The van der Waals surface area contributed by atoms with Gasteiger partial charge in [0.1, 0.15) is 0 Å². The van der Waals surface area contributed by atoms with Gasteiger partial charge < -0.3 is 16.2 Å². The monoisotopic (exact) mass is 304 g/mol. The normalized spacial score (nSPS) is 14.5. The Labute approximate surface area is 109 Å². The number of anilines is 2. The Hall–Kier alpha value is -0.390. The smallest absolute Gasteiger partial charge is 0.0881 e. The molecule has 0 aliphatic carbocycles. The first-order valence-corrected chi connectivity index (χ1v) is 7.13. The molecular weight excluding hydrogens is 288 g/mol. The second kappa shape index (κ2) is 5.80. The van der Waals surface area contributed by atoms with E-state index in [9.17, 15) is 5.11 Å². The summed E-state index contributed by atoms with van der Waals surface area (Å²) < 4.78 is 0.966. The average molecular weight is 305 g/mol. The van der Waals surface area contributed by atoms with Crippen LogP contribution in [0, 0.1) is 0 Å². The maximum Gasteiger partial charge on any atom is 0.0881 e. The third-order valence-corrected chi connectivity index (χ3v) is 3.53. The predicted molar refractivity (Wildman–Crippen MR) is 76.0 cm³/mol. The molecule has 1 aromatic rings. The van der Waals surface area contributed by atoms with Gasteiger partial charge in [-0.25, -0.2) is 0 Å². The molecule has 1 rings (SSSR count). The Bertz CT molecular complexity index is 358. The molecule has 4 N–H and O–H groups in total. The number of thioether (sulfide) groups is 1. The molecule has 1 aromatic carbocycles. The summed E-state index contributed by atoms with van der Waals surface area (Å²) in [6.07, 6.45) is 1.97. The van der Waals surface area contributed by atoms with Crippen LogP contribution in [0.4, 0.5) is 11.4 Å². The Kier molecular flexibility index (Phi) is 4.95. The Balaban J connectivity index is 2.63. The van der Waals surface area contributed by atoms with Gasteiger partial charge in [-0.2, -0.15) is 11.8 Å². The molecule has 0 saturated carbocycles. The first kappa shape index (κ1) is 13.7. The van der Waals surface area contributed by atoms with Crippen molar-refractivity contribution in [2.45, 2.75) is 12.5 Å². The van der Waals surface area contributed by atoms with Crippen molar-refractivity contribution in [1.82, 2.24) is 0 Å². The highest BCUT2D eigenvalue weighted by atomic mass is 79.9. The van der Waals surface area contributed by atoms with Crippen molar-refractivity contribution < 1.29 is 5.11 Å². The van der Waals surface area contributed by atoms with E-state index in [2.05, 4.69) is 21.2 Å². The zero-order chi connectivity index (χ0) is 12.2. The van der Waals surface area contributed by atoms with E-state index in [1.165, 1.54) is 0 Å². The second-order valence-electron chi connectivity index (χ2n) is 4.02. The minimum absolute atomic E-state index is 0.481. The zero-order valence-electron chi connectivity index (χ0n) is 9.46. The molecule has 0 amide bonds. The van der Waals surface area contributed by atoms with Crippen molar-refractivity contribution in [3.8, 4) is 0 Å². The summed E-state index contributed by atoms with van der Waals surface area (Å²) in [7, 11) is 0. The van der Waals surface area contributed by atoms with Gasteiger partial charge in [0.05, 0.1) is 17.0 Å². The van der Waals surface area contributed by atoms with Crippen LogP contribution in [0.5, 0.6) is 0 Å². The lowest BCUT2D eigenvalue weighted by Crippen LogP contribution is -2.36. The second-order valence-corrected chi connectivity index (χ2v) is 5.80. The van der Waals surface area contributed by atoms with Crippen LogP contribution in [0.1, 0.15) is 6.92 Å². The van der Waals surface area contributed by atoms with Crippen molar-refractivity contribution in [3.05, 3.63) is 22.7 Å². The SMILES string of the molecule is CSCC(C)(O)CNc1cc(Br)ccc1N. The summed E-state index contributed by atoms with van der Waals surface area (Å²) in [4.78, 5) is 0. The van der Waals surface area contributed by atoms with Crippen LogP contribution in [0.3, 0.4) is 0 Å². The molecule has 0 aliphatic rings. The molecule has 1 unspecified atom stereocenters. The minimum Gasteiger partial charge on any atom is -0.397 e. The van der Waals surface area contributed by atoms with E-state index in [1.807, 2.05) is 31.4 Å². The first-order chi connectivity index (χ1) is 7.44. The highest BCUT2D eigenvalue weighted by Crippen LogP contribution is 2.24. The average Bonchev–Trinajstić information content (AvgIpc) is 2.19. The molecule has 0 aromatic heterocycles. The number of rotatable bonds is 5. The van der Waals surface area contributed by atoms with Crippen LogP contribution in [-0.2, 0) is 0 Å². The molecule has 0 spiro atoms. The number of halogens is 1. The summed E-state index contributed by atoms with van der Waals surface area (Å²) in [6.45, 7) is 2.29. The summed E-state index contributed by atoms with van der Waals surface area (Å²) in [5.41, 5.74) is 6.62. The van der Waals surface area contributed by atoms with Crippen molar-refractivity contribution in [3.63, 3.8) is 0 Å². The van der Waals surface area contributed by atoms with Crippen LogP contribution < -0.4 is 11.1 Å². The molecule has 0 heterocycles. The lowest BCUT2D eigenvalue weighted by Gasteiger charge is -2.23. The molecule has 0 fully saturated rings. The lowest BCUT2D eigenvalue weighted by atomic mass is 10.1. The summed E-state index contributed by atoms with van der Waals surface area (Å²) in [6, 6.07) is 5.63. The van der Waals surface area contributed by atoms with E-state index in [1.54, 1.807) is 11.8 Å². The molecule has 16 heavy (non-hydrogen) atoms. The van der Waals surface area contributed by atoms with E-state index in [-0.39, 0.29) is 0 Å². The fraction of sp³-hybridized carbons (Fsp3) is 0.455. The summed E-state index contributed by atoms with van der Waals surface area (Å²) in [5.74, 6) is 0.688. The van der Waals surface area contributed by atoms with Gasteiger partial charge in [0, 0.05) is 16.8 Å². The van der Waals surface area contributed by atoms with Crippen LogP contribution in [0.2, 0.25) is 0 Å². The van der Waals surface area contributed by atoms with Gasteiger partial charge in [0.15, 0.2) is 0 Å². The van der Waals surface area contributed by atoms with Gasteiger partial charge in [0.2, 0.25) is 0 Å².